The van der Waals surface area contributed by atoms with Gasteiger partial charge in [0.2, 0.25) is 0 Å². The Hall–Kier alpha value is -0.870. The first-order valence-electron chi connectivity index (χ1n) is 6.94. The number of benzene rings is 1. The van der Waals surface area contributed by atoms with E-state index in [1.807, 2.05) is 31.3 Å². The molecule has 1 fully saturated rings. The smallest absolute Gasteiger partial charge is 0.118 e. The molecule has 0 aliphatic heterocycles. The van der Waals surface area contributed by atoms with Gasteiger partial charge < -0.3 is 10.1 Å². The maximum absolute atomic E-state index is 12.4. The van der Waals surface area contributed by atoms with Gasteiger partial charge in [-0.2, -0.15) is 0 Å². The second-order valence-electron chi connectivity index (χ2n) is 5.13. The number of rotatable bonds is 6. The predicted molar refractivity (Wildman–Crippen MR) is 79.1 cm³/mol. The highest BCUT2D eigenvalue weighted by Gasteiger charge is 2.25. The van der Waals surface area contributed by atoms with Crippen molar-refractivity contribution < 1.29 is 8.95 Å². The van der Waals surface area contributed by atoms with E-state index in [0.29, 0.717) is 17.7 Å². The zero-order valence-corrected chi connectivity index (χ0v) is 12.5. The van der Waals surface area contributed by atoms with E-state index in [0.717, 1.165) is 10.6 Å². The van der Waals surface area contributed by atoms with Crippen molar-refractivity contribution in [2.45, 2.75) is 36.6 Å². The number of nitrogens with one attached hydrogen (secondary N) is 1. The lowest BCUT2D eigenvalue weighted by Crippen LogP contribution is -2.37. The molecule has 2 rings (SSSR count). The largest absolute Gasteiger partial charge is 0.497 e. The van der Waals surface area contributed by atoms with Crippen LogP contribution in [-0.2, 0) is 10.8 Å². The minimum absolute atomic E-state index is 0.366. The summed E-state index contributed by atoms with van der Waals surface area (Å²) in [4.78, 5) is 0.888. The Morgan fingerprint density at radius 2 is 1.95 bits per heavy atom. The van der Waals surface area contributed by atoms with Gasteiger partial charge in [0.05, 0.1) is 17.9 Å². The van der Waals surface area contributed by atoms with Crippen LogP contribution in [0, 0.1) is 5.92 Å². The zero-order valence-electron chi connectivity index (χ0n) is 11.7. The minimum Gasteiger partial charge on any atom is -0.497 e. The average Bonchev–Trinajstić information content (AvgIpc) is 2.98. The summed E-state index contributed by atoms with van der Waals surface area (Å²) in [6, 6.07) is 7.91. The standard InChI is InChI=1S/C15H23NO2S/c1-16-15(12-5-3-4-6-12)11-19(17)14-9-7-13(18-2)8-10-14/h7-10,12,15-16H,3-6,11H2,1-2H3. The summed E-state index contributed by atoms with van der Waals surface area (Å²) in [5.41, 5.74) is 0. The SMILES string of the molecule is CNC(CS(=O)c1ccc(OC)cc1)C1CCCC1. The van der Waals surface area contributed by atoms with Crippen LogP contribution >= 0.6 is 0 Å². The minimum atomic E-state index is -0.938. The van der Waals surface area contributed by atoms with Gasteiger partial charge in [-0.05, 0) is 50.1 Å². The van der Waals surface area contributed by atoms with Gasteiger partial charge in [0, 0.05) is 16.7 Å². The van der Waals surface area contributed by atoms with Crippen molar-refractivity contribution in [1.82, 2.24) is 5.32 Å². The molecule has 1 saturated carbocycles. The molecule has 2 atom stereocenters. The Kier molecular flexibility index (Phi) is 5.40. The number of hydrogen-bond donors (Lipinski definition) is 1. The predicted octanol–water partition coefficient (Wildman–Crippen LogP) is 2.58. The Balaban J connectivity index is 1.97. The first-order valence-corrected chi connectivity index (χ1v) is 8.26. The maximum Gasteiger partial charge on any atom is 0.118 e. The summed E-state index contributed by atoms with van der Waals surface area (Å²) in [5.74, 6) is 2.20. The van der Waals surface area contributed by atoms with Crippen molar-refractivity contribution in [2.24, 2.45) is 5.92 Å². The molecule has 0 aromatic heterocycles. The van der Waals surface area contributed by atoms with Gasteiger partial charge in [-0.25, -0.2) is 0 Å². The van der Waals surface area contributed by atoms with E-state index in [9.17, 15) is 4.21 Å². The number of hydrogen-bond acceptors (Lipinski definition) is 3. The molecule has 1 aliphatic rings. The molecule has 1 aliphatic carbocycles. The van der Waals surface area contributed by atoms with E-state index >= 15 is 0 Å². The van der Waals surface area contributed by atoms with E-state index in [1.54, 1.807) is 7.11 Å². The van der Waals surface area contributed by atoms with Crippen LogP contribution in [0.2, 0.25) is 0 Å². The van der Waals surface area contributed by atoms with Gasteiger partial charge in [-0.3, -0.25) is 4.21 Å². The van der Waals surface area contributed by atoms with Crippen LogP contribution in [0.1, 0.15) is 25.7 Å². The lowest BCUT2D eigenvalue weighted by molar-refractivity contribution is 0.408. The molecule has 0 bridgehead atoms. The summed E-state index contributed by atoms with van der Waals surface area (Å²) in [7, 11) is 2.68. The van der Waals surface area contributed by atoms with Gasteiger partial charge in [0.15, 0.2) is 0 Å². The van der Waals surface area contributed by atoms with Gasteiger partial charge >= 0.3 is 0 Å². The summed E-state index contributed by atoms with van der Waals surface area (Å²) in [5, 5.41) is 3.35. The Morgan fingerprint density at radius 1 is 1.32 bits per heavy atom. The third-order valence-corrected chi connectivity index (χ3v) is 5.45. The molecule has 0 spiro atoms. The highest BCUT2D eigenvalue weighted by molar-refractivity contribution is 7.85. The van der Waals surface area contributed by atoms with Crippen LogP contribution < -0.4 is 10.1 Å². The fourth-order valence-electron chi connectivity index (χ4n) is 2.80. The fourth-order valence-corrected chi connectivity index (χ4v) is 4.20. The first-order chi connectivity index (χ1) is 9.24. The quantitative estimate of drug-likeness (QED) is 0.871. The molecule has 1 aromatic carbocycles. The van der Waals surface area contributed by atoms with Gasteiger partial charge in [0.1, 0.15) is 5.75 Å². The van der Waals surface area contributed by atoms with Crippen LogP contribution in [0.5, 0.6) is 5.75 Å². The highest BCUT2D eigenvalue weighted by atomic mass is 32.2. The second kappa shape index (κ2) is 7.06. The molecule has 2 unspecified atom stereocenters. The van der Waals surface area contributed by atoms with Gasteiger partial charge in [-0.15, -0.1) is 0 Å². The van der Waals surface area contributed by atoms with E-state index < -0.39 is 10.8 Å². The van der Waals surface area contributed by atoms with Crippen LogP contribution in [0.15, 0.2) is 29.2 Å². The molecule has 1 aromatic rings. The van der Waals surface area contributed by atoms with Gasteiger partial charge in [0.25, 0.3) is 0 Å². The molecule has 0 saturated heterocycles. The molecular formula is C15H23NO2S. The maximum atomic E-state index is 12.4. The lowest BCUT2D eigenvalue weighted by Gasteiger charge is -2.22. The molecule has 0 heterocycles. The summed E-state index contributed by atoms with van der Waals surface area (Å²) >= 11 is 0. The van der Waals surface area contributed by atoms with Gasteiger partial charge in [-0.1, -0.05) is 12.8 Å². The van der Waals surface area contributed by atoms with Crippen LogP contribution in [0.3, 0.4) is 0 Å². The second-order valence-corrected chi connectivity index (χ2v) is 6.62. The molecule has 19 heavy (non-hydrogen) atoms. The monoisotopic (exact) mass is 281 g/mol. The number of methoxy groups -OCH3 is 1. The van der Waals surface area contributed by atoms with Crippen molar-refractivity contribution in [2.75, 3.05) is 19.9 Å². The number of ether oxygens (including phenoxy) is 1. The summed E-state index contributed by atoms with van der Waals surface area (Å²) < 4.78 is 17.5. The molecule has 3 nitrogen and oxygen atoms in total. The Bertz CT molecular complexity index is 413. The normalized spacial score (nSPS) is 19.3. The van der Waals surface area contributed by atoms with Crippen molar-refractivity contribution in [3.8, 4) is 5.75 Å². The van der Waals surface area contributed by atoms with Crippen molar-refractivity contribution in [1.29, 1.82) is 0 Å². The molecule has 1 N–H and O–H groups in total. The van der Waals surface area contributed by atoms with E-state index in [4.69, 9.17) is 4.74 Å². The van der Waals surface area contributed by atoms with E-state index in [2.05, 4.69) is 5.32 Å². The molecule has 0 amide bonds. The Morgan fingerprint density at radius 3 is 2.47 bits per heavy atom. The van der Waals surface area contributed by atoms with E-state index in [-0.39, 0.29) is 0 Å². The third-order valence-electron chi connectivity index (χ3n) is 3.99. The molecule has 106 valence electrons. The highest BCUT2D eigenvalue weighted by Crippen LogP contribution is 2.28. The Labute approximate surface area is 118 Å². The topological polar surface area (TPSA) is 38.3 Å². The van der Waals surface area contributed by atoms with Crippen LogP contribution in [-0.4, -0.2) is 30.2 Å². The van der Waals surface area contributed by atoms with Crippen molar-refractivity contribution >= 4 is 10.8 Å². The van der Waals surface area contributed by atoms with Crippen molar-refractivity contribution in [3.05, 3.63) is 24.3 Å². The lowest BCUT2D eigenvalue weighted by atomic mass is 10.0. The van der Waals surface area contributed by atoms with E-state index in [1.165, 1.54) is 25.7 Å². The molecular weight excluding hydrogens is 258 g/mol. The zero-order chi connectivity index (χ0) is 13.7. The summed E-state index contributed by atoms with van der Waals surface area (Å²) in [6.45, 7) is 0. The van der Waals surface area contributed by atoms with Crippen molar-refractivity contribution in [3.63, 3.8) is 0 Å². The fraction of sp³-hybridized carbons (Fsp3) is 0.600. The summed E-state index contributed by atoms with van der Waals surface area (Å²) in [6.07, 6.45) is 5.17. The van der Waals surface area contributed by atoms with Crippen LogP contribution in [0.25, 0.3) is 0 Å². The average molecular weight is 281 g/mol. The first kappa shape index (κ1) is 14.5. The van der Waals surface area contributed by atoms with Crippen LogP contribution in [0.4, 0.5) is 0 Å². The third kappa shape index (κ3) is 3.80. The molecule has 4 heteroatoms. The molecule has 0 radical (unpaired) electrons.